The summed E-state index contributed by atoms with van der Waals surface area (Å²) in [4.78, 5) is 9.00. The monoisotopic (exact) mass is 220 g/mol. The predicted octanol–water partition coefficient (Wildman–Crippen LogP) is -1.47. The zero-order valence-corrected chi connectivity index (χ0v) is 5.59. The Balaban J connectivity index is -0.0000000910. The number of carboxylic acids is 1. The molecule has 0 atom stereocenters. The molecule has 6 nitrogen and oxygen atoms in total. The molecule has 0 unspecified atom stereocenters. The molecular weight excluding hydrogens is 214 g/mol. The van der Waals surface area contributed by atoms with Crippen LogP contribution < -0.4 is 0 Å². The van der Waals surface area contributed by atoms with Gasteiger partial charge in [0.2, 0.25) is 0 Å². The maximum atomic E-state index is 9.00. The van der Waals surface area contributed by atoms with Crippen molar-refractivity contribution in [1.82, 2.24) is 0 Å². The first-order valence-corrected chi connectivity index (χ1v) is 3.53. The summed E-state index contributed by atoms with van der Waals surface area (Å²) in [5.41, 5.74) is 0. The van der Waals surface area contributed by atoms with Crippen LogP contribution in [0, 0.1) is 0 Å². The molecule has 0 radical (unpaired) electrons. The number of hydrogen-bond donors (Lipinski definition) is 2. The van der Waals surface area contributed by atoms with Crippen molar-refractivity contribution in [3.63, 3.8) is 0 Å². The molecule has 0 aromatic heterocycles. The van der Waals surface area contributed by atoms with E-state index in [2.05, 4.69) is 0 Å². The Bertz CT molecular complexity index is 201. The summed E-state index contributed by atoms with van der Waals surface area (Å²) in [5, 5.41) is 7.42. The first-order chi connectivity index (χ1) is 3.73. The Morgan fingerprint density at radius 2 is 1.30 bits per heavy atom. The second-order valence-electron chi connectivity index (χ2n) is 0.915. The van der Waals surface area contributed by atoms with Crippen molar-refractivity contribution in [2.45, 2.75) is 6.92 Å². The quantitative estimate of drug-likeness (QED) is 0.482. The van der Waals surface area contributed by atoms with Crippen molar-refractivity contribution in [3.8, 4) is 0 Å². The molecule has 58 valence electrons. The summed E-state index contributed by atoms with van der Waals surface area (Å²) in [6, 6.07) is 0. The zero-order valence-electron chi connectivity index (χ0n) is 4.41. The number of aliphatic carboxylic acids is 1. The molecular formula is C2H6KMnO6. The molecule has 0 aliphatic rings. The van der Waals surface area contributed by atoms with E-state index in [0.29, 0.717) is 0 Å². The molecule has 0 amide bonds. The normalized spacial score (nSPS) is 8.20. The SMILES string of the molecule is CC(=O)O.[KH].[O]=[Mn](=[O])(=[O])[OH]. The van der Waals surface area contributed by atoms with E-state index in [1.165, 1.54) is 0 Å². The third-order valence-corrected chi connectivity index (χ3v) is 0. The number of rotatable bonds is 0. The van der Waals surface area contributed by atoms with E-state index >= 15 is 0 Å². The number of carbonyl (C=O) groups is 1. The van der Waals surface area contributed by atoms with Gasteiger partial charge in [0.15, 0.2) is 0 Å². The predicted molar refractivity (Wildman–Crippen MR) is 24.7 cm³/mol. The van der Waals surface area contributed by atoms with Crippen molar-refractivity contribution in [1.29, 1.82) is 0 Å². The molecule has 0 spiro atoms. The first kappa shape index (κ1) is 17.2. The molecule has 0 rings (SSSR count). The van der Waals surface area contributed by atoms with Crippen molar-refractivity contribution in [3.05, 3.63) is 0 Å². The van der Waals surface area contributed by atoms with Gasteiger partial charge in [0.05, 0.1) is 0 Å². The van der Waals surface area contributed by atoms with Crippen LogP contribution >= 0.6 is 0 Å². The Hall–Kier alpha value is 0.986. The Labute approximate surface area is 101 Å². The summed E-state index contributed by atoms with van der Waals surface area (Å²) < 4.78 is 33.1. The van der Waals surface area contributed by atoms with Gasteiger partial charge < -0.3 is 5.11 Å². The summed E-state index contributed by atoms with van der Waals surface area (Å²) in [5.74, 6) is -0.833. The van der Waals surface area contributed by atoms with Crippen LogP contribution in [0.5, 0.6) is 0 Å². The van der Waals surface area contributed by atoms with Crippen molar-refractivity contribution >= 4 is 57.4 Å². The minimum absolute atomic E-state index is 0. The van der Waals surface area contributed by atoms with Gasteiger partial charge in [-0.2, -0.15) is 0 Å². The second kappa shape index (κ2) is 8.09. The molecule has 2 N–H and O–H groups in total. The van der Waals surface area contributed by atoms with E-state index in [-0.39, 0.29) is 51.4 Å². The van der Waals surface area contributed by atoms with Gasteiger partial charge in [0, 0.05) is 6.92 Å². The zero-order chi connectivity index (χ0) is 8.08. The average molecular weight is 220 g/mol. The third-order valence-electron chi connectivity index (χ3n) is 0. The average Bonchev–Trinajstić information content (AvgIpc) is 1.19. The first-order valence-electron chi connectivity index (χ1n) is 1.56. The molecule has 0 fully saturated rings. The molecule has 0 saturated heterocycles. The molecule has 0 aromatic carbocycles. The molecule has 0 saturated carbocycles. The molecule has 0 heterocycles. The third kappa shape index (κ3) is 590. The molecule has 10 heavy (non-hydrogen) atoms. The van der Waals surface area contributed by atoms with Gasteiger partial charge in [0.1, 0.15) is 0 Å². The van der Waals surface area contributed by atoms with Crippen LogP contribution in [0.3, 0.4) is 0 Å². The fourth-order valence-electron chi connectivity index (χ4n) is 0. The van der Waals surface area contributed by atoms with E-state index in [0.717, 1.165) is 6.92 Å². The summed E-state index contributed by atoms with van der Waals surface area (Å²) in [7, 11) is 0. The van der Waals surface area contributed by atoms with Crippen LogP contribution in [0.25, 0.3) is 0 Å². The van der Waals surface area contributed by atoms with Crippen molar-refractivity contribution in [2.24, 2.45) is 0 Å². The molecule has 0 aliphatic carbocycles. The second-order valence-corrected chi connectivity index (χ2v) is 2.15. The standard InChI is InChI=1S/C2H4O2.K.Mn.H2O.3O.H/c1-2(3)4;;;;;;;/h1H3,(H,3,4);;;1H2;;;;/q;;+1;;;;;/p-1. The fraction of sp³-hybridized carbons (Fsp3) is 0.500. The Kier molecular flexibility index (Phi) is 13.9. The van der Waals surface area contributed by atoms with Gasteiger partial charge in [-0.25, -0.2) is 0 Å². The van der Waals surface area contributed by atoms with E-state index in [9.17, 15) is 0 Å². The van der Waals surface area contributed by atoms with Crippen LogP contribution in [-0.2, 0) is 29.3 Å². The molecule has 8 heteroatoms. The van der Waals surface area contributed by atoms with Crippen LogP contribution in [0.4, 0.5) is 0 Å². The number of hydrogen-bond acceptors (Lipinski definition) is 4. The minimum atomic E-state index is -5.38. The van der Waals surface area contributed by atoms with Gasteiger partial charge in [-0.05, 0) is 0 Å². The van der Waals surface area contributed by atoms with Crippen LogP contribution in [0.15, 0.2) is 0 Å². The summed E-state index contributed by atoms with van der Waals surface area (Å²) in [6.07, 6.45) is 0. The molecule has 0 bridgehead atoms. The van der Waals surface area contributed by atoms with Crippen molar-refractivity contribution < 1.29 is 38.6 Å². The van der Waals surface area contributed by atoms with Crippen LogP contribution in [0.2, 0.25) is 0 Å². The van der Waals surface area contributed by atoms with Crippen LogP contribution in [-0.4, -0.2) is 66.6 Å². The summed E-state index contributed by atoms with van der Waals surface area (Å²) >= 11 is -5.38. The van der Waals surface area contributed by atoms with Crippen molar-refractivity contribution in [2.75, 3.05) is 0 Å². The maximum absolute atomic E-state index is 9.00. The Morgan fingerprint density at radius 1 is 1.30 bits per heavy atom. The van der Waals surface area contributed by atoms with E-state index in [1.807, 2.05) is 0 Å². The molecule has 0 aromatic rings. The fourth-order valence-corrected chi connectivity index (χ4v) is 0. The summed E-state index contributed by atoms with van der Waals surface area (Å²) in [6.45, 7) is 1.08. The van der Waals surface area contributed by atoms with Crippen LogP contribution in [0.1, 0.15) is 6.92 Å². The molecule has 0 aliphatic heterocycles. The van der Waals surface area contributed by atoms with Gasteiger partial charge in [0.25, 0.3) is 5.97 Å². The Morgan fingerprint density at radius 3 is 1.30 bits per heavy atom. The van der Waals surface area contributed by atoms with Gasteiger partial charge in [-0.3, -0.25) is 4.79 Å². The van der Waals surface area contributed by atoms with E-state index in [1.54, 1.807) is 0 Å². The van der Waals surface area contributed by atoms with E-state index in [4.69, 9.17) is 25.6 Å². The van der Waals surface area contributed by atoms with E-state index < -0.39 is 18.9 Å². The van der Waals surface area contributed by atoms with Gasteiger partial charge in [-0.1, -0.05) is 0 Å². The van der Waals surface area contributed by atoms with Gasteiger partial charge in [-0.15, -0.1) is 0 Å². The van der Waals surface area contributed by atoms with Gasteiger partial charge >= 0.3 is 80.0 Å². The topological polar surface area (TPSA) is 109 Å². The number of carboxylic acid groups (broad SMARTS) is 1.